The number of piperazine rings is 1. The van der Waals surface area contributed by atoms with Gasteiger partial charge in [0.15, 0.2) is 11.5 Å². The zero-order chi connectivity index (χ0) is 13.9. The molecule has 1 aliphatic rings. The van der Waals surface area contributed by atoms with Gasteiger partial charge in [-0.3, -0.25) is 0 Å². The largest absolute Gasteiger partial charge is 0.369 e. The molecular weight excluding hydrogens is 252 g/mol. The molecule has 0 bridgehead atoms. The van der Waals surface area contributed by atoms with E-state index in [4.69, 9.17) is 4.98 Å². The van der Waals surface area contributed by atoms with Crippen LogP contribution in [0.1, 0.15) is 13.3 Å². The molecule has 0 atom stereocenters. The Morgan fingerprint density at radius 1 is 1.25 bits per heavy atom. The lowest BCUT2D eigenvalue weighted by Gasteiger charge is -2.33. The third-order valence-corrected chi connectivity index (χ3v) is 3.72. The lowest BCUT2D eigenvalue weighted by Crippen LogP contribution is -2.45. The lowest BCUT2D eigenvalue weighted by atomic mass is 10.3. The van der Waals surface area contributed by atoms with Gasteiger partial charge >= 0.3 is 0 Å². The van der Waals surface area contributed by atoms with E-state index in [2.05, 4.69) is 38.5 Å². The van der Waals surface area contributed by atoms with Crippen LogP contribution >= 0.6 is 0 Å². The van der Waals surface area contributed by atoms with E-state index in [1.165, 1.54) is 0 Å². The molecule has 108 valence electrons. The maximum Gasteiger partial charge on any atom is 0.180 e. The molecule has 3 heterocycles. The van der Waals surface area contributed by atoms with Gasteiger partial charge in [0, 0.05) is 45.1 Å². The van der Waals surface area contributed by atoms with Gasteiger partial charge in [-0.1, -0.05) is 6.92 Å². The third kappa shape index (κ3) is 2.56. The van der Waals surface area contributed by atoms with Crippen LogP contribution in [0.15, 0.2) is 18.6 Å². The molecule has 2 aromatic rings. The van der Waals surface area contributed by atoms with E-state index < -0.39 is 0 Å². The van der Waals surface area contributed by atoms with Crippen molar-refractivity contribution in [3.8, 4) is 0 Å². The molecule has 0 spiro atoms. The average molecular weight is 274 g/mol. The van der Waals surface area contributed by atoms with Crippen molar-refractivity contribution in [2.75, 3.05) is 50.0 Å². The zero-order valence-electron chi connectivity index (χ0n) is 12.2. The van der Waals surface area contributed by atoms with Crippen LogP contribution in [0.25, 0.3) is 5.65 Å². The summed E-state index contributed by atoms with van der Waals surface area (Å²) in [6, 6.07) is 0. The predicted molar refractivity (Wildman–Crippen MR) is 81.5 cm³/mol. The third-order valence-electron chi connectivity index (χ3n) is 3.72. The van der Waals surface area contributed by atoms with E-state index in [9.17, 15) is 0 Å². The van der Waals surface area contributed by atoms with E-state index in [0.717, 1.165) is 56.4 Å². The minimum atomic E-state index is 0.922. The summed E-state index contributed by atoms with van der Waals surface area (Å²) in [5, 5.41) is 3.37. The Balaban J connectivity index is 1.93. The average Bonchev–Trinajstić information content (AvgIpc) is 2.93. The maximum absolute atomic E-state index is 4.77. The Kier molecular flexibility index (Phi) is 3.73. The number of likely N-dealkylation sites (N-methyl/N-ethyl adjacent to an activating group) is 1. The van der Waals surface area contributed by atoms with Gasteiger partial charge in [-0.2, -0.15) is 0 Å². The molecule has 1 aliphatic heterocycles. The van der Waals surface area contributed by atoms with Crippen molar-refractivity contribution >= 4 is 17.3 Å². The van der Waals surface area contributed by atoms with Crippen molar-refractivity contribution in [1.29, 1.82) is 0 Å². The highest BCUT2D eigenvalue weighted by Crippen LogP contribution is 2.21. The molecule has 2 aromatic heterocycles. The predicted octanol–water partition coefficient (Wildman–Crippen LogP) is 1.30. The first-order valence-corrected chi connectivity index (χ1v) is 7.29. The quantitative estimate of drug-likeness (QED) is 0.911. The van der Waals surface area contributed by atoms with Crippen molar-refractivity contribution < 1.29 is 0 Å². The number of nitrogens with one attached hydrogen (secondary N) is 1. The molecule has 6 nitrogen and oxygen atoms in total. The van der Waals surface area contributed by atoms with Crippen LogP contribution in [0.4, 0.5) is 11.6 Å². The fraction of sp³-hybridized carbons (Fsp3) is 0.571. The Morgan fingerprint density at radius 2 is 2.05 bits per heavy atom. The van der Waals surface area contributed by atoms with Crippen molar-refractivity contribution in [2.24, 2.45) is 0 Å². The minimum absolute atomic E-state index is 0.922. The molecule has 0 radical (unpaired) electrons. The summed E-state index contributed by atoms with van der Waals surface area (Å²) < 4.78 is 2.05. The van der Waals surface area contributed by atoms with Gasteiger partial charge in [0.1, 0.15) is 5.82 Å². The van der Waals surface area contributed by atoms with Crippen molar-refractivity contribution in [3.63, 3.8) is 0 Å². The van der Waals surface area contributed by atoms with Gasteiger partial charge < -0.3 is 19.5 Å². The van der Waals surface area contributed by atoms with Crippen molar-refractivity contribution in [1.82, 2.24) is 19.3 Å². The number of hydrogen-bond donors (Lipinski definition) is 1. The molecule has 20 heavy (non-hydrogen) atoms. The highest BCUT2D eigenvalue weighted by Gasteiger charge is 2.19. The molecule has 0 unspecified atom stereocenters. The maximum atomic E-state index is 4.77. The van der Waals surface area contributed by atoms with Crippen LogP contribution in [-0.2, 0) is 0 Å². The van der Waals surface area contributed by atoms with E-state index >= 15 is 0 Å². The molecule has 1 fully saturated rings. The summed E-state index contributed by atoms with van der Waals surface area (Å²) in [5.41, 5.74) is 0.941. The first-order chi connectivity index (χ1) is 9.78. The van der Waals surface area contributed by atoms with Gasteiger partial charge in [0.05, 0.1) is 6.20 Å². The summed E-state index contributed by atoms with van der Waals surface area (Å²) in [6.45, 7) is 7.24. The van der Waals surface area contributed by atoms with Gasteiger partial charge in [0.25, 0.3) is 0 Å². The Morgan fingerprint density at radius 3 is 2.80 bits per heavy atom. The van der Waals surface area contributed by atoms with Gasteiger partial charge in [0.2, 0.25) is 0 Å². The number of hydrogen-bond acceptors (Lipinski definition) is 5. The SMILES string of the molecule is CCCNc1cn2ccnc2c(N2CCN(C)CC2)n1. The van der Waals surface area contributed by atoms with Crippen LogP contribution in [0.2, 0.25) is 0 Å². The summed E-state index contributed by atoms with van der Waals surface area (Å²) in [6.07, 6.45) is 6.92. The highest BCUT2D eigenvalue weighted by molar-refractivity contribution is 5.67. The molecule has 1 N–H and O–H groups in total. The number of nitrogens with zero attached hydrogens (tertiary/aromatic N) is 5. The summed E-state index contributed by atoms with van der Waals surface area (Å²) >= 11 is 0. The van der Waals surface area contributed by atoms with Crippen molar-refractivity contribution in [3.05, 3.63) is 18.6 Å². The number of rotatable bonds is 4. The number of aromatic nitrogens is 3. The second kappa shape index (κ2) is 5.66. The van der Waals surface area contributed by atoms with E-state index in [1.54, 1.807) is 0 Å². The van der Waals surface area contributed by atoms with Gasteiger partial charge in [-0.25, -0.2) is 9.97 Å². The molecule has 0 saturated carbocycles. The Hall–Kier alpha value is -1.82. The van der Waals surface area contributed by atoms with E-state index in [-0.39, 0.29) is 0 Å². The van der Waals surface area contributed by atoms with Crippen molar-refractivity contribution in [2.45, 2.75) is 13.3 Å². The summed E-state index contributed by atoms with van der Waals surface area (Å²) in [7, 11) is 2.16. The van der Waals surface area contributed by atoms with Crippen LogP contribution in [0, 0.1) is 0 Å². The summed E-state index contributed by atoms with van der Waals surface area (Å²) in [5.74, 6) is 1.91. The summed E-state index contributed by atoms with van der Waals surface area (Å²) in [4.78, 5) is 13.9. The molecule has 1 saturated heterocycles. The Bertz CT molecular complexity index is 570. The molecule has 0 amide bonds. The van der Waals surface area contributed by atoms with Gasteiger partial charge in [-0.15, -0.1) is 0 Å². The lowest BCUT2D eigenvalue weighted by molar-refractivity contribution is 0.312. The molecular formula is C14H22N6. The molecule has 0 aliphatic carbocycles. The normalized spacial score (nSPS) is 16.8. The van der Waals surface area contributed by atoms with Crippen LogP contribution < -0.4 is 10.2 Å². The highest BCUT2D eigenvalue weighted by atomic mass is 15.3. The van der Waals surface area contributed by atoms with Crippen LogP contribution in [0.5, 0.6) is 0 Å². The first kappa shape index (κ1) is 13.2. The van der Waals surface area contributed by atoms with Gasteiger partial charge in [-0.05, 0) is 13.5 Å². The monoisotopic (exact) mass is 274 g/mol. The van der Waals surface area contributed by atoms with Crippen LogP contribution in [0.3, 0.4) is 0 Å². The minimum Gasteiger partial charge on any atom is -0.369 e. The Labute approximate surface area is 119 Å². The van der Waals surface area contributed by atoms with Crippen LogP contribution in [-0.4, -0.2) is 59.0 Å². The molecule has 6 heteroatoms. The fourth-order valence-electron chi connectivity index (χ4n) is 2.48. The number of imidazole rings is 1. The zero-order valence-corrected chi connectivity index (χ0v) is 12.2. The number of anilines is 2. The first-order valence-electron chi connectivity index (χ1n) is 7.29. The second-order valence-corrected chi connectivity index (χ2v) is 5.32. The standard InChI is InChI=1S/C14H22N6/c1-3-4-15-12-11-20-6-5-16-13(20)14(17-12)19-9-7-18(2)8-10-19/h5-6,11,15H,3-4,7-10H2,1-2H3. The van der Waals surface area contributed by atoms with E-state index in [1.807, 2.05) is 18.6 Å². The van der Waals surface area contributed by atoms with E-state index in [0.29, 0.717) is 0 Å². The number of fused-ring (bicyclic) bond motifs is 1. The molecule has 0 aromatic carbocycles. The second-order valence-electron chi connectivity index (χ2n) is 5.32. The smallest absolute Gasteiger partial charge is 0.180 e. The molecule has 3 rings (SSSR count). The fourth-order valence-corrected chi connectivity index (χ4v) is 2.48. The topological polar surface area (TPSA) is 48.7 Å².